The second-order valence-electron chi connectivity index (χ2n) is 5.89. The van der Waals surface area contributed by atoms with Crippen LogP contribution in [0.4, 0.5) is 14.7 Å². The first-order valence-corrected chi connectivity index (χ1v) is 6.89. The summed E-state index contributed by atoms with van der Waals surface area (Å²) in [5, 5.41) is 0. The van der Waals surface area contributed by atoms with Gasteiger partial charge in [-0.15, -0.1) is 0 Å². The summed E-state index contributed by atoms with van der Waals surface area (Å²) in [7, 11) is 0. The molecular weight excluding hydrogens is 298 g/mol. The Morgan fingerprint density at radius 3 is 2.39 bits per heavy atom. The summed E-state index contributed by atoms with van der Waals surface area (Å²) < 4.78 is 26.5. The maximum atomic E-state index is 13.5. The summed E-state index contributed by atoms with van der Waals surface area (Å²) in [6.45, 7) is 5.79. The predicted molar refractivity (Wildman–Crippen MR) is 85.1 cm³/mol. The van der Waals surface area contributed by atoms with Crippen molar-refractivity contribution in [3.8, 4) is 11.8 Å². The minimum atomic E-state index is -0.584. The number of rotatable bonds is 1. The summed E-state index contributed by atoms with van der Waals surface area (Å²) in [5.41, 5.74) is 6.01. The molecule has 1 heterocycles. The highest BCUT2D eigenvalue weighted by Crippen LogP contribution is 2.15. The van der Waals surface area contributed by atoms with Crippen molar-refractivity contribution in [2.75, 3.05) is 0 Å². The first-order chi connectivity index (χ1) is 10.8. The SMILES string of the molecule is CC(C)(C)/C(N)=N/c1ncc(C#Cc2cc(F)ccc2F)cn1. The predicted octanol–water partition coefficient (Wildman–Crippen LogP) is 3.19. The first-order valence-electron chi connectivity index (χ1n) is 6.89. The third-order valence-electron chi connectivity index (χ3n) is 2.90. The zero-order valence-electron chi connectivity index (χ0n) is 13.1. The molecule has 2 N–H and O–H groups in total. The normalized spacial score (nSPS) is 11.8. The molecule has 0 unspecified atom stereocenters. The van der Waals surface area contributed by atoms with Gasteiger partial charge in [0.1, 0.15) is 17.5 Å². The van der Waals surface area contributed by atoms with Crippen molar-refractivity contribution in [3.05, 3.63) is 53.4 Å². The van der Waals surface area contributed by atoms with E-state index in [1.54, 1.807) is 0 Å². The molecule has 1 aromatic carbocycles. The maximum absolute atomic E-state index is 13.5. The van der Waals surface area contributed by atoms with Crippen LogP contribution in [0.3, 0.4) is 0 Å². The molecule has 0 aliphatic carbocycles. The van der Waals surface area contributed by atoms with Crippen LogP contribution in [-0.4, -0.2) is 15.8 Å². The number of benzene rings is 1. The molecule has 6 heteroatoms. The van der Waals surface area contributed by atoms with Gasteiger partial charge in [-0.2, -0.15) is 4.99 Å². The number of aliphatic imine (C=N–C) groups is 1. The standard InChI is InChI=1S/C17H16F2N4/c1-17(2,3)15(20)23-16-21-9-11(10-22-16)4-5-12-8-13(18)6-7-14(12)19/h6-10H,1-3H3,(H2,20,21,22,23). The Hall–Kier alpha value is -2.81. The van der Waals surface area contributed by atoms with Crippen LogP contribution in [0.2, 0.25) is 0 Å². The molecule has 4 nitrogen and oxygen atoms in total. The van der Waals surface area contributed by atoms with Gasteiger partial charge in [-0.25, -0.2) is 18.7 Å². The minimum Gasteiger partial charge on any atom is -0.387 e. The van der Waals surface area contributed by atoms with Crippen LogP contribution >= 0.6 is 0 Å². The van der Waals surface area contributed by atoms with Crippen molar-refractivity contribution in [3.63, 3.8) is 0 Å². The molecule has 0 aliphatic rings. The molecule has 0 fully saturated rings. The molecule has 0 spiro atoms. The number of nitrogens with zero attached hydrogens (tertiary/aromatic N) is 3. The van der Waals surface area contributed by atoms with Gasteiger partial charge in [-0.1, -0.05) is 32.6 Å². The average molecular weight is 314 g/mol. The van der Waals surface area contributed by atoms with E-state index >= 15 is 0 Å². The Morgan fingerprint density at radius 1 is 1.13 bits per heavy atom. The zero-order chi connectivity index (χ0) is 17.0. The van der Waals surface area contributed by atoms with Gasteiger partial charge < -0.3 is 5.73 Å². The molecule has 0 bridgehead atoms. The van der Waals surface area contributed by atoms with Gasteiger partial charge in [0, 0.05) is 17.8 Å². The highest BCUT2D eigenvalue weighted by atomic mass is 19.1. The molecular formula is C17H16F2N4. The molecule has 0 saturated heterocycles. The Labute approximate surface area is 133 Å². The molecule has 0 aliphatic heterocycles. The van der Waals surface area contributed by atoms with Gasteiger partial charge in [-0.05, 0) is 18.2 Å². The first kappa shape index (κ1) is 16.6. The summed E-state index contributed by atoms with van der Waals surface area (Å²) in [5.74, 6) is 4.73. The lowest BCUT2D eigenvalue weighted by molar-refractivity contribution is 0.584. The number of amidine groups is 1. The monoisotopic (exact) mass is 314 g/mol. The van der Waals surface area contributed by atoms with E-state index in [0.29, 0.717) is 11.4 Å². The van der Waals surface area contributed by atoms with Crippen LogP contribution in [0, 0.1) is 28.9 Å². The third kappa shape index (κ3) is 4.58. The van der Waals surface area contributed by atoms with Gasteiger partial charge in [0.2, 0.25) is 0 Å². The number of aromatic nitrogens is 2. The van der Waals surface area contributed by atoms with Crippen molar-refractivity contribution in [1.29, 1.82) is 0 Å². The number of hydrogen-bond donors (Lipinski definition) is 1. The highest BCUT2D eigenvalue weighted by molar-refractivity contribution is 5.87. The molecule has 0 saturated carbocycles. The fraction of sp³-hybridized carbons (Fsp3) is 0.235. The molecule has 0 atom stereocenters. The third-order valence-corrected chi connectivity index (χ3v) is 2.90. The van der Waals surface area contributed by atoms with E-state index in [1.165, 1.54) is 12.4 Å². The second-order valence-corrected chi connectivity index (χ2v) is 5.89. The van der Waals surface area contributed by atoms with Gasteiger partial charge >= 0.3 is 0 Å². The van der Waals surface area contributed by atoms with Gasteiger partial charge in [0.05, 0.1) is 11.1 Å². The van der Waals surface area contributed by atoms with Crippen LogP contribution in [0.25, 0.3) is 0 Å². The van der Waals surface area contributed by atoms with Gasteiger partial charge in [0.25, 0.3) is 5.95 Å². The Kier molecular flexibility index (Phi) is 4.70. The largest absolute Gasteiger partial charge is 0.387 e. The average Bonchev–Trinajstić information content (AvgIpc) is 2.48. The summed E-state index contributed by atoms with van der Waals surface area (Å²) in [6, 6.07) is 3.10. The molecule has 1 aromatic heterocycles. The molecule has 23 heavy (non-hydrogen) atoms. The summed E-state index contributed by atoms with van der Waals surface area (Å²) >= 11 is 0. The maximum Gasteiger partial charge on any atom is 0.251 e. The van der Waals surface area contributed by atoms with Crippen molar-refractivity contribution >= 4 is 11.8 Å². The lowest BCUT2D eigenvalue weighted by Gasteiger charge is -2.16. The van der Waals surface area contributed by atoms with E-state index in [-0.39, 0.29) is 16.9 Å². The Morgan fingerprint density at radius 2 is 1.78 bits per heavy atom. The number of halogens is 2. The van der Waals surface area contributed by atoms with E-state index in [1.807, 2.05) is 20.8 Å². The Balaban J connectivity index is 2.22. The fourth-order valence-corrected chi connectivity index (χ4v) is 1.45. The summed E-state index contributed by atoms with van der Waals surface area (Å²) in [4.78, 5) is 12.2. The van der Waals surface area contributed by atoms with E-state index < -0.39 is 11.6 Å². The molecule has 2 aromatic rings. The van der Waals surface area contributed by atoms with Crippen LogP contribution < -0.4 is 5.73 Å². The van der Waals surface area contributed by atoms with Crippen LogP contribution in [-0.2, 0) is 0 Å². The van der Waals surface area contributed by atoms with E-state index in [2.05, 4.69) is 26.8 Å². The quantitative estimate of drug-likeness (QED) is 0.499. The molecule has 2 rings (SSSR count). The van der Waals surface area contributed by atoms with Crippen molar-refractivity contribution in [1.82, 2.24) is 9.97 Å². The van der Waals surface area contributed by atoms with E-state index in [9.17, 15) is 8.78 Å². The van der Waals surface area contributed by atoms with E-state index in [4.69, 9.17) is 5.73 Å². The zero-order valence-corrected chi connectivity index (χ0v) is 13.1. The molecule has 0 radical (unpaired) electrons. The van der Waals surface area contributed by atoms with Crippen molar-refractivity contribution in [2.45, 2.75) is 20.8 Å². The topological polar surface area (TPSA) is 64.2 Å². The summed E-state index contributed by atoms with van der Waals surface area (Å²) in [6.07, 6.45) is 2.90. The lowest BCUT2D eigenvalue weighted by Crippen LogP contribution is -2.28. The second kappa shape index (κ2) is 6.53. The number of hydrogen-bond acceptors (Lipinski definition) is 3. The van der Waals surface area contributed by atoms with Crippen LogP contribution in [0.15, 0.2) is 35.6 Å². The van der Waals surface area contributed by atoms with Crippen molar-refractivity contribution in [2.24, 2.45) is 16.1 Å². The number of nitrogens with two attached hydrogens (primary N) is 1. The van der Waals surface area contributed by atoms with Crippen LogP contribution in [0.5, 0.6) is 0 Å². The minimum absolute atomic E-state index is 0.0240. The lowest BCUT2D eigenvalue weighted by atomic mass is 9.95. The van der Waals surface area contributed by atoms with Gasteiger partial charge in [-0.3, -0.25) is 0 Å². The van der Waals surface area contributed by atoms with Crippen molar-refractivity contribution < 1.29 is 8.78 Å². The van der Waals surface area contributed by atoms with Gasteiger partial charge in [0.15, 0.2) is 0 Å². The Bertz CT molecular complexity index is 794. The smallest absolute Gasteiger partial charge is 0.251 e. The molecule has 118 valence electrons. The van der Waals surface area contributed by atoms with Crippen LogP contribution in [0.1, 0.15) is 31.9 Å². The highest BCUT2D eigenvalue weighted by Gasteiger charge is 2.15. The van der Waals surface area contributed by atoms with E-state index in [0.717, 1.165) is 18.2 Å². The fourth-order valence-electron chi connectivity index (χ4n) is 1.45. The molecule has 0 amide bonds.